The second kappa shape index (κ2) is 7.85. The molecule has 0 fully saturated rings. The van der Waals surface area contributed by atoms with Crippen LogP contribution in [-0.4, -0.2) is 35.9 Å². The highest BCUT2D eigenvalue weighted by Crippen LogP contribution is 2.08. The van der Waals surface area contributed by atoms with Crippen LogP contribution in [0.1, 0.15) is 11.3 Å². The lowest BCUT2D eigenvalue weighted by atomic mass is 10.2. The third kappa shape index (κ3) is 5.24. The average Bonchev–Trinajstić information content (AvgIpc) is 2.94. The highest BCUT2D eigenvalue weighted by molar-refractivity contribution is 7.07. The van der Waals surface area contributed by atoms with E-state index in [4.69, 9.17) is 0 Å². The summed E-state index contributed by atoms with van der Waals surface area (Å²) in [5.41, 5.74) is 3.36. The van der Waals surface area contributed by atoms with Gasteiger partial charge in [-0.25, -0.2) is 9.37 Å². The molecule has 0 unspecified atom stereocenters. The molecule has 0 atom stereocenters. The van der Waals surface area contributed by atoms with Crippen LogP contribution >= 0.6 is 11.3 Å². The van der Waals surface area contributed by atoms with Gasteiger partial charge in [0.1, 0.15) is 5.82 Å². The Morgan fingerprint density at radius 2 is 2.24 bits per heavy atom. The summed E-state index contributed by atoms with van der Waals surface area (Å²) in [5, 5.41) is 4.81. The molecule has 0 bridgehead atoms. The van der Waals surface area contributed by atoms with Crippen LogP contribution in [-0.2, 0) is 17.8 Å². The summed E-state index contributed by atoms with van der Waals surface area (Å²) in [6.45, 7) is 1.22. The van der Waals surface area contributed by atoms with E-state index in [9.17, 15) is 9.18 Å². The Morgan fingerprint density at radius 3 is 2.95 bits per heavy atom. The van der Waals surface area contributed by atoms with Gasteiger partial charge in [0.15, 0.2) is 0 Å². The lowest BCUT2D eigenvalue weighted by Crippen LogP contribution is -2.36. The molecule has 2 aromatic rings. The van der Waals surface area contributed by atoms with E-state index in [1.807, 2.05) is 5.38 Å². The van der Waals surface area contributed by atoms with E-state index in [2.05, 4.69) is 10.3 Å². The van der Waals surface area contributed by atoms with Crippen LogP contribution in [0.4, 0.5) is 4.39 Å². The Morgan fingerprint density at radius 1 is 1.43 bits per heavy atom. The van der Waals surface area contributed by atoms with Crippen molar-refractivity contribution in [2.45, 2.75) is 13.0 Å². The van der Waals surface area contributed by atoms with Crippen molar-refractivity contribution in [1.29, 1.82) is 0 Å². The number of nitrogens with one attached hydrogen (secondary N) is 1. The largest absolute Gasteiger partial charge is 0.355 e. The lowest BCUT2D eigenvalue weighted by Gasteiger charge is -2.16. The Balaban J connectivity index is 1.71. The number of amides is 1. The normalized spacial score (nSPS) is 10.8. The van der Waals surface area contributed by atoms with E-state index in [1.54, 1.807) is 47.0 Å². The molecule has 1 aromatic heterocycles. The van der Waals surface area contributed by atoms with Gasteiger partial charge in [-0.15, -0.1) is 11.3 Å². The molecule has 6 heteroatoms. The summed E-state index contributed by atoms with van der Waals surface area (Å²) in [6.07, 6.45) is 0.728. The highest BCUT2D eigenvalue weighted by Gasteiger charge is 2.09. The van der Waals surface area contributed by atoms with Crippen molar-refractivity contribution in [3.8, 4) is 0 Å². The van der Waals surface area contributed by atoms with E-state index in [-0.39, 0.29) is 18.3 Å². The maximum atomic E-state index is 13.5. The molecule has 2 rings (SSSR count). The van der Waals surface area contributed by atoms with Gasteiger partial charge in [-0.2, -0.15) is 0 Å². The van der Waals surface area contributed by atoms with Crippen molar-refractivity contribution >= 4 is 17.2 Å². The standard InChI is InChI=1S/C15H18FN3OS/c1-19(8-12-4-2-3-5-14(12)16)9-15(20)17-7-6-13-10-21-11-18-13/h2-5,10-11H,6-9H2,1H3,(H,17,20). The lowest BCUT2D eigenvalue weighted by molar-refractivity contribution is -0.122. The molecular weight excluding hydrogens is 289 g/mol. The van der Waals surface area contributed by atoms with Crippen LogP contribution < -0.4 is 5.32 Å². The number of hydrogen-bond acceptors (Lipinski definition) is 4. The van der Waals surface area contributed by atoms with Crippen LogP contribution in [0.25, 0.3) is 0 Å². The van der Waals surface area contributed by atoms with E-state index in [0.717, 1.165) is 12.1 Å². The summed E-state index contributed by atoms with van der Waals surface area (Å²) in [5.74, 6) is -0.308. The average molecular weight is 307 g/mol. The molecule has 0 aliphatic carbocycles. The molecule has 0 radical (unpaired) electrons. The highest BCUT2D eigenvalue weighted by atomic mass is 32.1. The summed E-state index contributed by atoms with van der Waals surface area (Å²) >= 11 is 1.54. The van der Waals surface area contributed by atoms with Gasteiger partial charge in [0.2, 0.25) is 5.91 Å². The van der Waals surface area contributed by atoms with E-state index < -0.39 is 0 Å². The SMILES string of the molecule is CN(CC(=O)NCCc1cscn1)Cc1ccccc1F. The molecule has 1 aromatic carbocycles. The van der Waals surface area contributed by atoms with Crippen LogP contribution in [0.15, 0.2) is 35.2 Å². The number of carbonyl (C=O) groups excluding carboxylic acids is 1. The predicted molar refractivity (Wildman–Crippen MR) is 81.6 cm³/mol. The predicted octanol–water partition coefficient (Wildman–Crippen LogP) is 2.07. The molecule has 0 saturated carbocycles. The molecule has 0 aliphatic heterocycles. The monoisotopic (exact) mass is 307 g/mol. The number of rotatable bonds is 7. The number of hydrogen-bond donors (Lipinski definition) is 1. The Labute approximate surface area is 127 Å². The van der Waals surface area contributed by atoms with Gasteiger partial charge in [-0.05, 0) is 13.1 Å². The topological polar surface area (TPSA) is 45.2 Å². The van der Waals surface area contributed by atoms with Crippen molar-refractivity contribution in [2.24, 2.45) is 0 Å². The van der Waals surface area contributed by atoms with Crippen LogP contribution in [0.2, 0.25) is 0 Å². The van der Waals surface area contributed by atoms with Gasteiger partial charge in [0.25, 0.3) is 0 Å². The van der Waals surface area contributed by atoms with Gasteiger partial charge in [-0.3, -0.25) is 9.69 Å². The summed E-state index contributed by atoms with van der Waals surface area (Å²) in [7, 11) is 1.80. The molecule has 1 amide bonds. The molecular formula is C15H18FN3OS. The Kier molecular flexibility index (Phi) is 5.83. The minimum absolute atomic E-state index is 0.0657. The molecule has 0 spiro atoms. The first kappa shape index (κ1) is 15.6. The number of benzene rings is 1. The van der Waals surface area contributed by atoms with Gasteiger partial charge >= 0.3 is 0 Å². The van der Waals surface area contributed by atoms with E-state index in [0.29, 0.717) is 18.7 Å². The zero-order chi connectivity index (χ0) is 15.1. The van der Waals surface area contributed by atoms with E-state index in [1.165, 1.54) is 6.07 Å². The first-order chi connectivity index (χ1) is 10.1. The fourth-order valence-corrected chi connectivity index (χ4v) is 2.56. The zero-order valence-corrected chi connectivity index (χ0v) is 12.7. The van der Waals surface area contributed by atoms with Gasteiger partial charge in [0, 0.05) is 30.5 Å². The maximum Gasteiger partial charge on any atom is 0.234 e. The fourth-order valence-electron chi connectivity index (χ4n) is 1.97. The number of aromatic nitrogens is 1. The fraction of sp³-hybridized carbons (Fsp3) is 0.333. The van der Waals surface area contributed by atoms with E-state index >= 15 is 0 Å². The summed E-state index contributed by atoms with van der Waals surface area (Å²) in [6, 6.07) is 6.60. The number of thiazole rings is 1. The second-order valence-electron chi connectivity index (χ2n) is 4.84. The first-order valence-corrected chi connectivity index (χ1v) is 7.65. The molecule has 1 heterocycles. The van der Waals surface area contributed by atoms with Crippen LogP contribution in [0, 0.1) is 5.82 Å². The van der Waals surface area contributed by atoms with Crippen molar-refractivity contribution in [2.75, 3.05) is 20.1 Å². The van der Waals surface area contributed by atoms with Crippen molar-refractivity contribution in [3.05, 3.63) is 52.2 Å². The van der Waals surface area contributed by atoms with Crippen molar-refractivity contribution in [3.63, 3.8) is 0 Å². The number of likely N-dealkylation sites (N-methyl/N-ethyl adjacent to an activating group) is 1. The van der Waals surface area contributed by atoms with Crippen molar-refractivity contribution < 1.29 is 9.18 Å². The smallest absolute Gasteiger partial charge is 0.234 e. The van der Waals surface area contributed by atoms with Gasteiger partial charge in [0.05, 0.1) is 17.7 Å². The second-order valence-corrected chi connectivity index (χ2v) is 5.56. The third-order valence-electron chi connectivity index (χ3n) is 3.00. The molecule has 112 valence electrons. The summed E-state index contributed by atoms with van der Waals surface area (Å²) in [4.78, 5) is 17.7. The van der Waals surface area contributed by atoms with Gasteiger partial charge in [-0.1, -0.05) is 18.2 Å². The molecule has 0 aliphatic rings. The minimum Gasteiger partial charge on any atom is -0.355 e. The maximum absolute atomic E-state index is 13.5. The zero-order valence-electron chi connectivity index (χ0n) is 11.9. The minimum atomic E-state index is -0.242. The molecule has 4 nitrogen and oxygen atoms in total. The first-order valence-electron chi connectivity index (χ1n) is 6.71. The van der Waals surface area contributed by atoms with Crippen LogP contribution in [0.5, 0.6) is 0 Å². The quantitative estimate of drug-likeness (QED) is 0.852. The third-order valence-corrected chi connectivity index (χ3v) is 3.63. The number of nitrogens with zero attached hydrogens (tertiary/aromatic N) is 2. The van der Waals surface area contributed by atoms with Gasteiger partial charge < -0.3 is 5.32 Å². The number of halogens is 1. The van der Waals surface area contributed by atoms with Crippen molar-refractivity contribution in [1.82, 2.24) is 15.2 Å². The molecule has 21 heavy (non-hydrogen) atoms. The summed E-state index contributed by atoms with van der Waals surface area (Å²) < 4.78 is 13.5. The molecule has 1 N–H and O–H groups in total. The molecule has 0 saturated heterocycles. The Bertz CT molecular complexity index is 574. The van der Waals surface area contributed by atoms with Crippen LogP contribution in [0.3, 0.4) is 0 Å². The Hall–Kier alpha value is -1.79. The number of carbonyl (C=O) groups is 1.